The van der Waals surface area contributed by atoms with Gasteiger partial charge in [-0.05, 0) is 51.2 Å². The fourth-order valence-electron chi connectivity index (χ4n) is 3.38. The number of aryl methyl sites for hydroxylation is 2. The normalized spacial score (nSPS) is 18.2. The van der Waals surface area contributed by atoms with Crippen molar-refractivity contribution in [2.45, 2.75) is 52.0 Å². The first-order valence-corrected chi connectivity index (χ1v) is 8.28. The second-order valence-electron chi connectivity index (χ2n) is 6.19. The summed E-state index contributed by atoms with van der Waals surface area (Å²) in [6.45, 7) is 4.66. The first-order chi connectivity index (χ1) is 11.2. The molecule has 0 radical (unpaired) electrons. The zero-order valence-electron chi connectivity index (χ0n) is 13.8. The Hall–Kier alpha value is -2.17. The molecule has 0 aromatic carbocycles. The van der Waals surface area contributed by atoms with Crippen LogP contribution in [0.15, 0.2) is 29.0 Å². The molecule has 0 spiro atoms. The van der Waals surface area contributed by atoms with Crippen molar-refractivity contribution in [3.05, 3.63) is 47.1 Å². The molecule has 23 heavy (non-hydrogen) atoms. The van der Waals surface area contributed by atoms with Crippen LogP contribution in [-0.2, 0) is 11.2 Å². The summed E-state index contributed by atoms with van der Waals surface area (Å²) in [6, 6.07) is 4.17. The van der Waals surface area contributed by atoms with Gasteiger partial charge in [-0.2, -0.15) is 0 Å². The van der Waals surface area contributed by atoms with E-state index in [4.69, 9.17) is 4.52 Å². The van der Waals surface area contributed by atoms with Crippen molar-refractivity contribution in [1.82, 2.24) is 15.0 Å². The van der Waals surface area contributed by atoms with Gasteiger partial charge in [0.15, 0.2) is 0 Å². The lowest BCUT2D eigenvalue weighted by Gasteiger charge is -2.36. The van der Waals surface area contributed by atoms with Crippen molar-refractivity contribution in [2.75, 3.05) is 6.54 Å². The third kappa shape index (κ3) is 3.44. The highest BCUT2D eigenvalue weighted by atomic mass is 16.5. The monoisotopic (exact) mass is 313 g/mol. The molecule has 2 aromatic heterocycles. The van der Waals surface area contributed by atoms with Crippen molar-refractivity contribution < 1.29 is 9.32 Å². The average molecular weight is 313 g/mol. The topological polar surface area (TPSA) is 59.2 Å². The average Bonchev–Trinajstić information content (AvgIpc) is 2.92. The lowest BCUT2D eigenvalue weighted by atomic mass is 9.95. The molecule has 1 fully saturated rings. The van der Waals surface area contributed by atoms with Gasteiger partial charge < -0.3 is 9.42 Å². The molecular weight excluding hydrogens is 290 g/mol. The minimum absolute atomic E-state index is 0.162. The number of carbonyl (C=O) groups is 1. The van der Waals surface area contributed by atoms with Crippen molar-refractivity contribution in [2.24, 2.45) is 0 Å². The van der Waals surface area contributed by atoms with Gasteiger partial charge in [-0.15, -0.1) is 0 Å². The highest BCUT2D eigenvalue weighted by molar-refractivity contribution is 5.77. The van der Waals surface area contributed by atoms with E-state index in [0.29, 0.717) is 12.8 Å². The summed E-state index contributed by atoms with van der Waals surface area (Å²) in [5.74, 6) is 1.02. The Kier molecular flexibility index (Phi) is 4.74. The Morgan fingerprint density at radius 3 is 2.96 bits per heavy atom. The predicted molar refractivity (Wildman–Crippen MR) is 86.8 cm³/mol. The van der Waals surface area contributed by atoms with Gasteiger partial charge in [0.1, 0.15) is 5.76 Å². The second kappa shape index (κ2) is 6.94. The summed E-state index contributed by atoms with van der Waals surface area (Å²) in [4.78, 5) is 19.0. The lowest BCUT2D eigenvalue weighted by molar-refractivity contribution is -0.135. The van der Waals surface area contributed by atoms with Crippen LogP contribution in [0.5, 0.6) is 0 Å². The van der Waals surface area contributed by atoms with Gasteiger partial charge in [-0.25, -0.2) is 0 Å². The summed E-state index contributed by atoms with van der Waals surface area (Å²) in [7, 11) is 0. The Morgan fingerprint density at radius 1 is 1.39 bits per heavy atom. The van der Waals surface area contributed by atoms with E-state index in [1.165, 1.54) is 0 Å². The summed E-state index contributed by atoms with van der Waals surface area (Å²) in [6.07, 6.45) is 8.10. The largest absolute Gasteiger partial charge is 0.361 e. The summed E-state index contributed by atoms with van der Waals surface area (Å²) >= 11 is 0. The van der Waals surface area contributed by atoms with E-state index in [9.17, 15) is 4.79 Å². The van der Waals surface area contributed by atoms with Crippen molar-refractivity contribution in [3.63, 3.8) is 0 Å². The number of hydrogen-bond donors (Lipinski definition) is 0. The van der Waals surface area contributed by atoms with Gasteiger partial charge in [-0.1, -0.05) is 11.2 Å². The molecule has 0 bridgehead atoms. The number of piperidine rings is 1. The second-order valence-corrected chi connectivity index (χ2v) is 6.19. The van der Waals surface area contributed by atoms with Crippen LogP contribution in [0.4, 0.5) is 0 Å². The van der Waals surface area contributed by atoms with Crippen LogP contribution in [-0.4, -0.2) is 27.5 Å². The number of amides is 1. The van der Waals surface area contributed by atoms with E-state index < -0.39 is 0 Å². The molecule has 0 unspecified atom stereocenters. The van der Waals surface area contributed by atoms with Gasteiger partial charge in [0.25, 0.3) is 0 Å². The lowest BCUT2D eigenvalue weighted by Crippen LogP contribution is -2.38. The van der Waals surface area contributed by atoms with Gasteiger partial charge in [-0.3, -0.25) is 9.78 Å². The number of aromatic nitrogens is 2. The third-order valence-electron chi connectivity index (χ3n) is 4.66. The molecule has 5 heteroatoms. The van der Waals surface area contributed by atoms with E-state index in [1.807, 2.05) is 31.0 Å². The molecule has 3 rings (SSSR count). The number of rotatable bonds is 4. The fourth-order valence-corrected chi connectivity index (χ4v) is 3.38. The molecule has 1 aliphatic heterocycles. The predicted octanol–water partition coefficient (Wildman–Crippen LogP) is 3.37. The van der Waals surface area contributed by atoms with Crippen molar-refractivity contribution in [3.8, 4) is 0 Å². The van der Waals surface area contributed by atoms with E-state index in [1.54, 1.807) is 6.20 Å². The molecule has 1 amide bonds. The molecule has 2 aromatic rings. The Bertz CT molecular complexity index is 647. The molecule has 122 valence electrons. The maximum Gasteiger partial charge on any atom is 0.223 e. The molecule has 0 N–H and O–H groups in total. The van der Waals surface area contributed by atoms with Gasteiger partial charge in [0, 0.05) is 30.9 Å². The number of nitrogens with zero attached hydrogens (tertiary/aromatic N) is 3. The van der Waals surface area contributed by atoms with Crippen LogP contribution >= 0.6 is 0 Å². The van der Waals surface area contributed by atoms with Crippen LogP contribution < -0.4 is 0 Å². The van der Waals surface area contributed by atoms with Gasteiger partial charge in [0.2, 0.25) is 5.91 Å². The Morgan fingerprint density at radius 2 is 2.26 bits per heavy atom. The smallest absolute Gasteiger partial charge is 0.223 e. The van der Waals surface area contributed by atoms with E-state index in [2.05, 4.69) is 16.2 Å². The standard InChI is InChI=1S/C18H23N3O2/c1-13-16(14(2)23-20-13)8-9-18(22)21-11-4-3-7-17(21)15-6-5-10-19-12-15/h5-6,10,12,17H,3-4,7-9,11H2,1-2H3/t17-/m0/s1. The van der Waals surface area contributed by atoms with E-state index in [-0.39, 0.29) is 11.9 Å². The minimum Gasteiger partial charge on any atom is -0.361 e. The highest BCUT2D eigenvalue weighted by Crippen LogP contribution is 2.31. The van der Waals surface area contributed by atoms with E-state index in [0.717, 1.165) is 48.4 Å². The van der Waals surface area contributed by atoms with Crippen LogP contribution in [0.1, 0.15) is 54.3 Å². The molecular formula is C18H23N3O2. The number of hydrogen-bond acceptors (Lipinski definition) is 4. The molecule has 0 saturated carbocycles. The number of likely N-dealkylation sites (tertiary alicyclic amines) is 1. The van der Waals surface area contributed by atoms with Crippen LogP contribution in [0.2, 0.25) is 0 Å². The van der Waals surface area contributed by atoms with Crippen LogP contribution in [0.25, 0.3) is 0 Å². The molecule has 1 saturated heterocycles. The minimum atomic E-state index is 0.162. The summed E-state index contributed by atoms with van der Waals surface area (Å²) in [5.41, 5.74) is 3.09. The summed E-state index contributed by atoms with van der Waals surface area (Å²) < 4.78 is 5.18. The molecule has 5 nitrogen and oxygen atoms in total. The third-order valence-corrected chi connectivity index (χ3v) is 4.66. The van der Waals surface area contributed by atoms with Crippen molar-refractivity contribution in [1.29, 1.82) is 0 Å². The molecule has 0 aliphatic carbocycles. The first kappa shape index (κ1) is 15.7. The van der Waals surface area contributed by atoms with Gasteiger partial charge in [0.05, 0.1) is 11.7 Å². The zero-order valence-corrected chi connectivity index (χ0v) is 13.8. The molecule has 1 aliphatic rings. The molecule has 1 atom stereocenters. The maximum absolute atomic E-state index is 12.8. The summed E-state index contributed by atoms with van der Waals surface area (Å²) in [5, 5.41) is 3.96. The Labute approximate surface area is 136 Å². The van der Waals surface area contributed by atoms with Gasteiger partial charge >= 0.3 is 0 Å². The van der Waals surface area contributed by atoms with Crippen LogP contribution in [0, 0.1) is 13.8 Å². The number of carbonyl (C=O) groups excluding carboxylic acids is 1. The maximum atomic E-state index is 12.8. The first-order valence-electron chi connectivity index (χ1n) is 8.28. The van der Waals surface area contributed by atoms with E-state index >= 15 is 0 Å². The quantitative estimate of drug-likeness (QED) is 0.868. The molecule has 3 heterocycles. The fraction of sp³-hybridized carbons (Fsp3) is 0.500. The number of pyridine rings is 1. The SMILES string of the molecule is Cc1noc(C)c1CCC(=O)N1CCCC[C@H]1c1cccnc1. The highest BCUT2D eigenvalue weighted by Gasteiger charge is 2.28. The van der Waals surface area contributed by atoms with Crippen molar-refractivity contribution >= 4 is 5.91 Å². The zero-order chi connectivity index (χ0) is 16.2. The Balaban J connectivity index is 1.69. The van der Waals surface area contributed by atoms with Crippen LogP contribution in [0.3, 0.4) is 0 Å².